The molecule has 2 aromatic rings. The topological polar surface area (TPSA) is 27.7 Å². The zero-order valence-electron chi connectivity index (χ0n) is 19.4. The molecule has 33 heavy (non-hydrogen) atoms. The Morgan fingerprint density at radius 3 is 2.12 bits per heavy atom. The lowest BCUT2D eigenvalue weighted by Gasteiger charge is -2.34. The van der Waals surface area contributed by atoms with Crippen molar-refractivity contribution in [2.24, 2.45) is 0 Å². The fourth-order valence-corrected chi connectivity index (χ4v) is 5.13. The molecule has 0 spiro atoms. The number of halogens is 3. The van der Waals surface area contributed by atoms with Crippen molar-refractivity contribution in [1.29, 1.82) is 0 Å². The van der Waals surface area contributed by atoms with Crippen LogP contribution in [0.1, 0.15) is 87.2 Å². The minimum absolute atomic E-state index is 0.0367. The molecule has 0 radical (unpaired) electrons. The van der Waals surface area contributed by atoms with Crippen LogP contribution in [0.5, 0.6) is 5.75 Å². The van der Waals surface area contributed by atoms with Crippen LogP contribution >= 0.6 is 0 Å². The average Bonchev–Trinajstić information content (AvgIpc) is 2.81. The summed E-state index contributed by atoms with van der Waals surface area (Å²) in [5, 5.41) is 0. The second-order valence-electron chi connectivity index (χ2n) is 9.31. The molecule has 3 nitrogen and oxygen atoms in total. The minimum Gasteiger partial charge on any atom is -0.491 e. The first-order valence-corrected chi connectivity index (χ1v) is 12.1. The quantitative estimate of drug-likeness (QED) is 0.430. The van der Waals surface area contributed by atoms with Crippen molar-refractivity contribution in [3.05, 3.63) is 64.7 Å². The third-order valence-corrected chi connectivity index (χ3v) is 6.88. The predicted octanol–water partition coefficient (Wildman–Crippen LogP) is 7.36. The first-order chi connectivity index (χ1) is 15.9. The summed E-state index contributed by atoms with van der Waals surface area (Å²) in [5.74, 6) is 0.0671. The SMILES string of the molecule is CCCC1(F)COC(c2ccc(C3CCC(c4ccc(OCC)c(F)c4)CC3)c(F)c2)OC1. The molecule has 1 aliphatic carbocycles. The summed E-state index contributed by atoms with van der Waals surface area (Å²) in [4.78, 5) is 0. The highest BCUT2D eigenvalue weighted by atomic mass is 19.1. The van der Waals surface area contributed by atoms with Crippen molar-refractivity contribution in [1.82, 2.24) is 0 Å². The van der Waals surface area contributed by atoms with E-state index in [-0.39, 0.29) is 42.4 Å². The Labute approximate surface area is 194 Å². The molecule has 6 heteroatoms. The standard InChI is InChI=1S/C27H33F3O3/c1-3-13-27(30)16-32-26(33-17-27)21-9-11-22(23(28)15-21)19-7-5-18(6-8-19)20-10-12-25(31-4-2)24(29)14-20/h9-12,14-15,18-19,26H,3-8,13,16-17H2,1-2H3. The van der Waals surface area contributed by atoms with E-state index in [2.05, 4.69) is 0 Å². The van der Waals surface area contributed by atoms with Gasteiger partial charge in [0, 0.05) is 5.56 Å². The summed E-state index contributed by atoms with van der Waals surface area (Å²) in [6.07, 6.45) is 3.81. The van der Waals surface area contributed by atoms with E-state index in [9.17, 15) is 8.78 Å². The van der Waals surface area contributed by atoms with Crippen LogP contribution in [0.15, 0.2) is 36.4 Å². The molecule has 2 fully saturated rings. The van der Waals surface area contributed by atoms with E-state index in [4.69, 9.17) is 14.2 Å². The molecule has 1 heterocycles. The highest BCUT2D eigenvalue weighted by molar-refractivity contribution is 5.33. The van der Waals surface area contributed by atoms with Crippen molar-refractivity contribution < 1.29 is 27.4 Å². The third kappa shape index (κ3) is 5.55. The van der Waals surface area contributed by atoms with Crippen LogP contribution in [0.2, 0.25) is 0 Å². The Morgan fingerprint density at radius 1 is 0.879 bits per heavy atom. The van der Waals surface area contributed by atoms with Gasteiger partial charge in [-0.25, -0.2) is 13.2 Å². The zero-order chi connectivity index (χ0) is 23.4. The maximum atomic E-state index is 15.0. The number of hydrogen-bond acceptors (Lipinski definition) is 3. The largest absolute Gasteiger partial charge is 0.491 e. The molecule has 0 bridgehead atoms. The van der Waals surface area contributed by atoms with Gasteiger partial charge in [-0.05, 0) is 80.2 Å². The number of ether oxygens (including phenoxy) is 3. The molecular weight excluding hydrogens is 429 g/mol. The lowest BCUT2D eigenvalue weighted by Crippen LogP contribution is -2.41. The van der Waals surface area contributed by atoms with Gasteiger partial charge < -0.3 is 14.2 Å². The van der Waals surface area contributed by atoms with Crippen molar-refractivity contribution in [3.63, 3.8) is 0 Å². The van der Waals surface area contributed by atoms with E-state index in [0.717, 1.165) is 31.2 Å². The second kappa shape index (κ2) is 10.5. The van der Waals surface area contributed by atoms with Crippen LogP contribution < -0.4 is 4.74 Å². The third-order valence-electron chi connectivity index (χ3n) is 6.88. The minimum atomic E-state index is -1.46. The first-order valence-electron chi connectivity index (χ1n) is 12.1. The van der Waals surface area contributed by atoms with E-state index >= 15 is 4.39 Å². The van der Waals surface area contributed by atoms with Gasteiger partial charge in [-0.15, -0.1) is 0 Å². The van der Waals surface area contributed by atoms with Gasteiger partial charge in [-0.2, -0.15) is 0 Å². The first kappa shape index (κ1) is 24.1. The molecule has 0 atom stereocenters. The van der Waals surface area contributed by atoms with E-state index in [0.29, 0.717) is 30.6 Å². The van der Waals surface area contributed by atoms with E-state index in [1.165, 1.54) is 6.07 Å². The summed E-state index contributed by atoms with van der Waals surface area (Å²) in [6, 6.07) is 10.3. The molecule has 1 saturated heterocycles. The molecule has 2 aromatic carbocycles. The zero-order valence-corrected chi connectivity index (χ0v) is 19.4. The Hall–Kier alpha value is -2.05. The van der Waals surface area contributed by atoms with Crippen LogP contribution in [0.3, 0.4) is 0 Å². The number of alkyl halides is 1. The summed E-state index contributed by atoms with van der Waals surface area (Å²) < 4.78 is 60.2. The number of rotatable bonds is 7. The highest BCUT2D eigenvalue weighted by Crippen LogP contribution is 2.42. The molecule has 1 saturated carbocycles. The van der Waals surface area contributed by atoms with Gasteiger partial charge in [0.25, 0.3) is 0 Å². The van der Waals surface area contributed by atoms with Crippen LogP contribution in [0.25, 0.3) is 0 Å². The Bertz CT molecular complexity index is 932. The van der Waals surface area contributed by atoms with Crippen LogP contribution in [-0.4, -0.2) is 25.5 Å². The lowest BCUT2D eigenvalue weighted by molar-refractivity contribution is -0.239. The molecule has 1 aliphatic heterocycles. The molecule has 4 rings (SSSR count). The summed E-state index contributed by atoms with van der Waals surface area (Å²) in [5.41, 5.74) is 0.781. The lowest BCUT2D eigenvalue weighted by atomic mass is 9.76. The smallest absolute Gasteiger partial charge is 0.184 e. The van der Waals surface area contributed by atoms with Gasteiger partial charge in [0.2, 0.25) is 0 Å². The van der Waals surface area contributed by atoms with E-state index in [1.54, 1.807) is 12.1 Å². The molecule has 180 valence electrons. The molecular formula is C27H33F3O3. The monoisotopic (exact) mass is 462 g/mol. The van der Waals surface area contributed by atoms with Gasteiger partial charge in [0.05, 0.1) is 19.8 Å². The molecule has 0 aromatic heterocycles. The van der Waals surface area contributed by atoms with Gasteiger partial charge in [0.15, 0.2) is 23.5 Å². The van der Waals surface area contributed by atoms with Crippen LogP contribution in [0.4, 0.5) is 13.2 Å². The van der Waals surface area contributed by atoms with Crippen LogP contribution in [-0.2, 0) is 9.47 Å². The summed E-state index contributed by atoms with van der Waals surface area (Å²) in [7, 11) is 0. The maximum Gasteiger partial charge on any atom is 0.184 e. The Kier molecular flexibility index (Phi) is 7.65. The second-order valence-corrected chi connectivity index (χ2v) is 9.31. The normalized spacial score (nSPS) is 28.0. The maximum absolute atomic E-state index is 15.0. The molecule has 0 amide bonds. The molecule has 0 unspecified atom stereocenters. The van der Waals surface area contributed by atoms with E-state index < -0.39 is 12.0 Å². The molecule has 2 aliphatic rings. The fraction of sp³-hybridized carbons (Fsp3) is 0.556. The van der Waals surface area contributed by atoms with Crippen molar-refractivity contribution in [3.8, 4) is 5.75 Å². The van der Waals surface area contributed by atoms with E-state index in [1.807, 2.05) is 32.0 Å². The van der Waals surface area contributed by atoms with Gasteiger partial charge in [-0.1, -0.05) is 31.5 Å². The average molecular weight is 463 g/mol. The predicted molar refractivity (Wildman–Crippen MR) is 121 cm³/mol. The highest BCUT2D eigenvalue weighted by Gasteiger charge is 2.37. The Morgan fingerprint density at radius 2 is 1.52 bits per heavy atom. The van der Waals surface area contributed by atoms with Crippen molar-refractivity contribution in [2.45, 2.75) is 76.2 Å². The number of hydrogen-bond donors (Lipinski definition) is 0. The van der Waals surface area contributed by atoms with Gasteiger partial charge in [0.1, 0.15) is 5.82 Å². The van der Waals surface area contributed by atoms with Crippen LogP contribution in [0, 0.1) is 11.6 Å². The Balaban J connectivity index is 1.36. The fourth-order valence-electron chi connectivity index (χ4n) is 5.13. The summed E-state index contributed by atoms with van der Waals surface area (Å²) in [6.45, 7) is 4.11. The van der Waals surface area contributed by atoms with Crippen molar-refractivity contribution in [2.75, 3.05) is 19.8 Å². The number of benzene rings is 2. The molecule has 0 N–H and O–H groups in total. The van der Waals surface area contributed by atoms with Crippen molar-refractivity contribution >= 4 is 0 Å². The summed E-state index contributed by atoms with van der Waals surface area (Å²) >= 11 is 0. The van der Waals surface area contributed by atoms with Gasteiger partial charge in [-0.3, -0.25) is 0 Å². The van der Waals surface area contributed by atoms with Gasteiger partial charge >= 0.3 is 0 Å².